The third-order valence-electron chi connectivity index (χ3n) is 1.97. The van der Waals surface area contributed by atoms with Gasteiger partial charge < -0.3 is 0 Å². The minimum absolute atomic E-state index is 0.263. The van der Waals surface area contributed by atoms with Gasteiger partial charge in [-0.25, -0.2) is 9.97 Å². The van der Waals surface area contributed by atoms with E-state index in [9.17, 15) is 4.79 Å². The predicted octanol–water partition coefficient (Wildman–Crippen LogP) is 2.59. The van der Waals surface area contributed by atoms with E-state index in [1.54, 1.807) is 6.92 Å². The molecule has 1 aromatic heterocycles. The number of aryl methyl sites for hydroxylation is 2. The topological polar surface area (TPSA) is 42.9 Å². The van der Waals surface area contributed by atoms with Crippen molar-refractivity contribution in [3.63, 3.8) is 0 Å². The second-order valence-electron chi connectivity index (χ2n) is 3.14. The zero-order chi connectivity index (χ0) is 10.6. The molecule has 0 spiro atoms. The fraction of sp³-hybridized carbons (Fsp3) is 0.500. The van der Waals surface area contributed by atoms with Gasteiger partial charge in [0.15, 0.2) is 6.29 Å². The van der Waals surface area contributed by atoms with Crippen molar-refractivity contribution in [1.29, 1.82) is 0 Å². The lowest BCUT2D eigenvalue weighted by Gasteiger charge is -2.05. The summed E-state index contributed by atoms with van der Waals surface area (Å²) in [6.07, 6.45) is 3.59. The Morgan fingerprint density at radius 2 is 2.14 bits per heavy atom. The molecule has 3 nitrogen and oxygen atoms in total. The Labute approximate surface area is 88.5 Å². The third kappa shape index (κ3) is 2.51. The first kappa shape index (κ1) is 11.1. The molecule has 1 aromatic rings. The number of carbonyl (C=O) groups is 1. The van der Waals surface area contributed by atoms with Gasteiger partial charge in [0.05, 0.1) is 11.3 Å². The molecule has 1 rings (SSSR count). The number of carbonyl (C=O) groups excluding carboxylic acids is 1. The van der Waals surface area contributed by atoms with Crippen LogP contribution in [0.15, 0.2) is 0 Å². The van der Waals surface area contributed by atoms with Crippen LogP contribution in [0, 0.1) is 6.92 Å². The van der Waals surface area contributed by atoms with E-state index in [4.69, 9.17) is 11.6 Å². The summed E-state index contributed by atoms with van der Waals surface area (Å²) < 4.78 is 0. The Kier molecular flexibility index (Phi) is 4.01. The minimum atomic E-state index is 0.263. The summed E-state index contributed by atoms with van der Waals surface area (Å²) in [5, 5.41) is 0.263. The number of aldehydes is 1. The average molecular weight is 213 g/mol. The SMILES string of the molecule is CCCCc1nc(C)nc(Cl)c1C=O. The maximum absolute atomic E-state index is 10.8. The van der Waals surface area contributed by atoms with Gasteiger partial charge in [-0.2, -0.15) is 0 Å². The Hall–Kier alpha value is -0.960. The van der Waals surface area contributed by atoms with Crippen molar-refractivity contribution < 1.29 is 4.79 Å². The molecule has 0 aliphatic carbocycles. The molecular weight excluding hydrogens is 200 g/mol. The Morgan fingerprint density at radius 3 is 2.71 bits per heavy atom. The Balaban J connectivity index is 3.05. The van der Waals surface area contributed by atoms with E-state index in [-0.39, 0.29) is 5.15 Å². The lowest BCUT2D eigenvalue weighted by atomic mass is 10.1. The monoisotopic (exact) mass is 212 g/mol. The molecule has 4 heteroatoms. The van der Waals surface area contributed by atoms with E-state index < -0.39 is 0 Å². The van der Waals surface area contributed by atoms with Gasteiger partial charge in [-0.05, 0) is 19.8 Å². The van der Waals surface area contributed by atoms with Crippen LogP contribution >= 0.6 is 11.6 Å². The van der Waals surface area contributed by atoms with Crippen LogP contribution in [0.1, 0.15) is 41.6 Å². The van der Waals surface area contributed by atoms with Crippen LogP contribution < -0.4 is 0 Å². The van der Waals surface area contributed by atoms with Crippen LogP contribution in [0.2, 0.25) is 5.15 Å². The fourth-order valence-electron chi connectivity index (χ4n) is 1.25. The normalized spacial score (nSPS) is 10.2. The largest absolute Gasteiger partial charge is 0.298 e. The Bertz CT molecular complexity index is 339. The van der Waals surface area contributed by atoms with Gasteiger partial charge in [-0.1, -0.05) is 24.9 Å². The smallest absolute Gasteiger partial charge is 0.155 e. The summed E-state index contributed by atoms with van der Waals surface area (Å²) in [5.74, 6) is 0.617. The zero-order valence-electron chi connectivity index (χ0n) is 8.38. The van der Waals surface area contributed by atoms with Crippen LogP contribution in [0.3, 0.4) is 0 Å². The molecule has 76 valence electrons. The fourth-order valence-corrected chi connectivity index (χ4v) is 1.53. The highest BCUT2D eigenvalue weighted by Gasteiger charge is 2.09. The number of aromatic nitrogens is 2. The molecule has 1 heterocycles. The zero-order valence-corrected chi connectivity index (χ0v) is 9.14. The molecule has 0 atom stereocenters. The number of halogens is 1. The lowest BCUT2D eigenvalue weighted by molar-refractivity contribution is 0.112. The molecule has 0 bridgehead atoms. The van der Waals surface area contributed by atoms with E-state index in [2.05, 4.69) is 16.9 Å². The predicted molar refractivity (Wildman–Crippen MR) is 55.8 cm³/mol. The van der Waals surface area contributed by atoms with Gasteiger partial charge in [0, 0.05) is 0 Å². The molecular formula is C10H13ClN2O. The van der Waals surface area contributed by atoms with Crippen LogP contribution in [0.25, 0.3) is 0 Å². The first-order valence-corrected chi connectivity index (χ1v) is 5.05. The molecule has 0 amide bonds. The summed E-state index contributed by atoms with van der Waals surface area (Å²) in [6.45, 7) is 3.87. The van der Waals surface area contributed by atoms with Crippen molar-refractivity contribution in [2.24, 2.45) is 0 Å². The molecule has 0 radical (unpaired) electrons. The van der Waals surface area contributed by atoms with Gasteiger partial charge in [-0.3, -0.25) is 4.79 Å². The molecule has 0 saturated carbocycles. The highest BCUT2D eigenvalue weighted by atomic mass is 35.5. The van der Waals surface area contributed by atoms with Crippen molar-refractivity contribution in [2.45, 2.75) is 33.1 Å². The van der Waals surface area contributed by atoms with Gasteiger partial charge >= 0.3 is 0 Å². The second kappa shape index (κ2) is 5.05. The molecule has 0 aliphatic rings. The number of rotatable bonds is 4. The highest BCUT2D eigenvalue weighted by molar-refractivity contribution is 6.31. The number of hydrogen-bond donors (Lipinski definition) is 0. The third-order valence-corrected chi connectivity index (χ3v) is 2.26. The van der Waals surface area contributed by atoms with E-state index in [1.807, 2.05) is 0 Å². The standard InChI is InChI=1S/C10H13ClN2O/c1-3-4-5-9-8(6-14)10(11)13-7(2)12-9/h6H,3-5H2,1-2H3. The van der Waals surface area contributed by atoms with Gasteiger partial charge in [0.25, 0.3) is 0 Å². The van der Waals surface area contributed by atoms with E-state index >= 15 is 0 Å². The summed E-state index contributed by atoms with van der Waals surface area (Å²) >= 11 is 5.83. The van der Waals surface area contributed by atoms with Gasteiger partial charge in [0.1, 0.15) is 11.0 Å². The maximum Gasteiger partial charge on any atom is 0.155 e. The molecule has 0 saturated heterocycles. The molecule has 14 heavy (non-hydrogen) atoms. The number of hydrogen-bond acceptors (Lipinski definition) is 3. The number of unbranched alkanes of at least 4 members (excludes halogenated alkanes) is 1. The second-order valence-corrected chi connectivity index (χ2v) is 3.50. The van der Waals surface area contributed by atoms with E-state index in [0.29, 0.717) is 11.4 Å². The summed E-state index contributed by atoms with van der Waals surface area (Å²) in [4.78, 5) is 18.9. The molecule has 0 unspecified atom stereocenters. The lowest BCUT2D eigenvalue weighted by Crippen LogP contribution is -2.03. The maximum atomic E-state index is 10.8. The van der Waals surface area contributed by atoms with Crippen molar-refractivity contribution in [1.82, 2.24) is 9.97 Å². The molecule has 0 aliphatic heterocycles. The van der Waals surface area contributed by atoms with Crippen molar-refractivity contribution in [3.05, 3.63) is 22.2 Å². The summed E-state index contributed by atoms with van der Waals surface area (Å²) in [7, 11) is 0. The van der Waals surface area contributed by atoms with Crippen LogP contribution in [0.5, 0.6) is 0 Å². The first-order chi connectivity index (χ1) is 6.69. The first-order valence-electron chi connectivity index (χ1n) is 4.67. The Morgan fingerprint density at radius 1 is 1.43 bits per heavy atom. The van der Waals surface area contributed by atoms with Crippen LogP contribution in [-0.2, 0) is 6.42 Å². The quantitative estimate of drug-likeness (QED) is 0.569. The highest BCUT2D eigenvalue weighted by Crippen LogP contribution is 2.16. The molecule has 0 aromatic carbocycles. The van der Waals surface area contributed by atoms with E-state index in [1.165, 1.54) is 0 Å². The van der Waals surface area contributed by atoms with Crippen molar-refractivity contribution >= 4 is 17.9 Å². The summed E-state index contributed by atoms with van der Waals surface area (Å²) in [6, 6.07) is 0. The van der Waals surface area contributed by atoms with Gasteiger partial charge in [0.2, 0.25) is 0 Å². The molecule has 0 N–H and O–H groups in total. The summed E-state index contributed by atoms with van der Waals surface area (Å²) in [5.41, 5.74) is 1.20. The van der Waals surface area contributed by atoms with Crippen molar-refractivity contribution in [2.75, 3.05) is 0 Å². The average Bonchev–Trinajstić information content (AvgIpc) is 2.14. The number of nitrogens with zero attached hydrogens (tertiary/aromatic N) is 2. The van der Waals surface area contributed by atoms with Gasteiger partial charge in [-0.15, -0.1) is 0 Å². The molecule has 0 fully saturated rings. The van der Waals surface area contributed by atoms with Crippen molar-refractivity contribution in [3.8, 4) is 0 Å². The minimum Gasteiger partial charge on any atom is -0.298 e. The van der Waals surface area contributed by atoms with Crippen LogP contribution in [0.4, 0.5) is 0 Å². The van der Waals surface area contributed by atoms with E-state index in [0.717, 1.165) is 31.2 Å². The van der Waals surface area contributed by atoms with Crippen LogP contribution in [-0.4, -0.2) is 16.3 Å².